The van der Waals surface area contributed by atoms with E-state index in [-0.39, 0.29) is 18.0 Å². The molecule has 0 amide bonds. The van der Waals surface area contributed by atoms with Crippen LogP contribution < -0.4 is 0 Å². The number of nitrogens with zero attached hydrogens (tertiary/aromatic N) is 2. The largest absolute Gasteiger partial charge is 0.373 e. The zero-order valence-corrected chi connectivity index (χ0v) is 10.7. The molecular formula is C14H17FN2O. The summed E-state index contributed by atoms with van der Waals surface area (Å²) in [6.45, 7) is 6.15. The molecule has 2 rings (SSSR count). The highest BCUT2D eigenvalue weighted by Crippen LogP contribution is 2.17. The minimum atomic E-state index is -0.249. The van der Waals surface area contributed by atoms with Crippen LogP contribution >= 0.6 is 0 Å². The van der Waals surface area contributed by atoms with E-state index in [4.69, 9.17) is 10.00 Å². The predicted octanol–water partition coefficient (Wildman–Crippen LogP) is 2.31. The molecule has 1 fully saturated rings. The van der Waals surface area contributed by atoms with Crippen LogP contribution in [0.25, 0.3) is 0 Å². The minimum Gasteiger partial charge on any atom is -0.373 e. The molecule has 0 bridgehead atoms. The zero-order valence-electron chi connectivity index (χ0n) is 10.7. The molecule has 2 atom stereocenters. The van der Waals surface area contributed by atoms with E-state index in [1.165, 1.54) is 12.1 Å². The Kier molecular flexibility index (Phi) is 3.95. The van der Waals surface area contributed by atoms with Gasteiger partial charge in [-0.3, -0.25) is 4.90 Å². The minimum absolute atomic E-state index is 0.163. The van der Waals surface area contributed by atoms with Crippen LogP contribution in [0.4, 0.5) is 4.39 Å². The topological polar surface area (TPSA) is 36.3 Å². The summed E-state index contributed by atoms with van der Waals surface area (Å²) in [6.07, 6.45) is 0.326. The van der Waals surface area contributed by atoms with Crippen LogP contribution in [0.1, 0.15) is 25.0 Å². The molecule has 0 aliphatic carbocycles. The van der Waals surface area contributed by atoms with Crippen molar-refractivity contribution in [2.45, 2.75) is 32.6 Å². The second kappa shape index (κ2) is 5.47. The fourth-order valence-corrected chi connectivity index (χ4v) is 2.42. The fraction of sp³-hybridized carbons (Fsp3) is 0.500. The van der Waals surface area contributed by atoms with Gasteiger partial charge in [-0.15, -0.1) is 0 Å². The number of rotatable bonds is 2. The van der Waals surface area contributed by atoms with Gasteiger partial charge in [-0.1, -0.05) is 0 Å². The van der Waals surface area contributed by atoms with Crippen LogP contribution in [-0.2, 0) is 11.3 Å². The van der Waals surface area contributed by atoms with Gasteiger partial charge in [0.1, 0.15) is 5.82 Å². The Morgan fingerprint density at radius 3 is 2.67 bits per heavy atom. The summed E-state index contributed by atoms with van der Waals surface area (Å²) in [5.41, 5.74) is 1.08. The van der Waals surface area contributed by atoms with Crippen LogP contribution in [-0.4, -0.2) is 30.2 Å². The molecule has 0 unspecified atom stereocenters. The molecule has 1 aliphatic rings. The molecule has 1 heterocycles. The van der Waals surface area contributed by atoms with Crippen molar-refractivity contribution in [2.75, 3.05) is 13.1 Å². The highest BCUT2D eigenvalue weighted by Gasteiger charge is 2.22. The Morgan fingerprint density at radius 2 is 2.06 bits per heavy atom. The molecule has 0 radical (unpaired) electrons. The van der Waals surface area contributed by atoms with Crippen molar-refractivity contribution in [3.63, 3.8) is 0 Å². The van der Waals surface area contributed by atoms with Crippen LogP contribution in [0, 0.1) is 17.1 Å². The van der Waals surface area contributed by atoms with Crippen LogP contribution in [0.3, 0.4) is 0 Å². The molecule has 0 N–H and O–H groups in total. The van der Waals surface area contributed by atoms with E-state index < -0.39 is 0 Å². The third kappa shape index (κ3) is 3.06. The zero-order chi connectivity index (χ0) is 13.1. The van der Waals surface area contributed by atoms with Crippen molar-refractivity contribution in [3.05, 3.63) is 35.1 Å². The Balaban J connectivity index is 2.11. The first-order valence-corrected chi connectivity index (χ1v) is 6.15. The summed E-state index contributed by atoms with van der Waals surface area (Å²) in [7, 11) is 0. The molecule has 18 heavy (non-hydrogen) atoms. The number of hydrogen-bond acceptors (Lipinski definition) is 3. The lowest BCUT2D eigenvalue weighted by Crippen LogP contribution is -2.44. The number of halogens is 1. The van der Waals surface area contributed by atoms with E-state index in [9.17, 15) is 4.39 Å². The van der Waals surface area contributed by atoms with E-state index in [1.807, 2.05) is 19.9 Å². The average molecular weight is 248 g/mol. The molecular weight excluding hydrogens is 231 g/mol. The summed E-state index contributed by atoms with van der Waals surface area (Å²) < 4.78 is 19.3. The van der Waals surface area contributed by atoms with Gasteiger partial charge in [-0.05, 0) is 32.0 Å². The van der Waals surface area contributed by atoms with Crippen molar-refractivity contribution in [1.82, 2.24) is 4.90 Å². The fourth-order valence-electron chi connectivity index (χ4n) is 2.42. The maximum atomic E-state index is 13.7. The summed E-state index contributed by atoms with van der Waals surface area (Å²) in [6, 6.07) is 6.53. The number of morpholine rings is 1. The Hall–Kier alpha value is -1.44. The lowest BCUT2D eigenvalue weighted by Gasteiger charge is -2.35. The Bertz CT molecular complexity index is 459. The second-order valence-corrected chi connectivity index (χ2v) is 4.87. The number of benzene rings is 1. The number of hydrogen-bond donors (Lipinski definition) is 0. The van der Waals surface area contributed by atoms with E-state index in [0.717, 1.165) is 13.1 Å². The standard InChI is InChI=1S/C14H17FN2O/c1-10-7-17(8-11(2)18-10)9-13-5-12(6-16)3-4-14(13)15/h3-5,10-11H,7-9H2,1-2H3/t10-,11+. The average Bonchev–Trinajstić information content (AvgIpc) is 2.30. The molecule has 1 aliphatic heterocycles. The van der Waals surface area contributed by atoms with Gasteiger partial charge in [0, 0.05) is 25.2 Å². The lowest BCUT2D eigenvalue weighted by atomic mass is 10.1. The van der Waals surface area contributed by atoms with E-state index >= 15 is 0 Å². The first-order chi connectivity index (χ1) is 8.58. The Morgan fingerprint density at radius 1 is 1.39 bits per heavy atom. The summed E-state index contributed by atoms with van der Waals surface area (Å²) in [4.78, 5) is 2.17. The lowest BCUT2D eigenvalue weighted by molar-refractivity contribution is -0.0707. The van der Waals surface area contributed by atoms with Crippen LogP contribution in [0.5, 0.6) is 0 Å². The third-order valence-corrected chi connectivity index (χ3v) is 3.06. The monoisotopic (exact) mass is 248 g/mol. The van der Waals surface area contributed by atoms with E-state index in [0.29, 0.717) is 17.7 Å². The maximum absolute atomic E-state index is 13.7. The van der Waals surface area contributed by atoms with Gasteiger partial charge in [-0.25, -0.2) is 4.39 Å². The van der Waals surface area contributed by atoms with Gasteiger partial charge in [0.15, 0.2) is 0 Å². The molecule has 0 aromatic heterocycles. The molecule has 1 aromatic rings. The maximum Gasteiger partial charge on any atom is 0.127 e. The first kappa shape index (κ1) is 13.0. The Labute approximate surface area is 107 Å². The van der Waals surface area contributed by atoms with Crippen molar-refractivity contribution < 1.29 is 9.13 Å². The van der Waals surface area contributed by atoms with Gasteiger partial charge in [-0.2, -0.15) is 5.26 Å². The van der Waals surface area contributed by atoms with Gasteiger partial charge >= 0.3 is 0 Å². The highest BCUT2D eigenvalue weighted by molar-refractivity contribution is 5.33. The molecule has 4 heteroatoms. The SMILES string of the molecule is C[C@@H]1CN(Cc2cc(C#N)ccc2F)C[C@H](C)O1. The van der Waals surface area contributed by atoms with Gasteiger partial charge in [0.05, 0.1) is 23.8 Å². The van der Waals surface area contributed by atoms with Crippen molar-refractivity contribution in [3.8, 4) is 6.07 Å². The third-order valence-electron chi connectivity index (χ3n) is 3.06. The summed E-state index contributed by atoms with van der Waals surface area (Å²) in [5.74, 6) is -0.249. The van der Waals surface area contributed by atoms with Gasteiger partial charge in [0.25, 0.3) is 0 Å². The second-order valence-electron chi connectivity index (χ2n) is 4.87. The van der Waals surface area contributed by atoms with Crippen molar-refractivity contribution >= 4 is 0 Å². The number of ether oxygens (including phenoxy) is 1. The molecule has 3 nitrogen and oxygen atoms in total. The van der Waals surface area contributed by atoms with E-state index in [1.54, 1.807) is 6.07 Å². The van der Waals surface area contributed by atoms with Gasteiger partial charge in [0.2, 0.25) is 0 Å². The molecule has 1 aromatic carbocycles. The number of nitriles is 1. The first-order valence-electron chi connectivity index (χ1n) is 6.15. The molecule has 0 saturated carbocycles. The molecule has 1 saturated heterocycles. The highest BCUT2D eigenvalue weighted by atomic mass is 19.1. The van der Waals surface area contributed by atoms with Gasteiger partial charge < -0.3 is 4.74 Å². The normalized spacial score (nSPS) is 24.8. The smallest absolute Gasteiger partial charge is 0.127 e. The van der Waals surface area contributed by atoms with Crippen LogP contribution in [0.2, 0.25) is 0 Å². The summed E-state index contributed by atoms with van der Waals surface area (Å²) in [5, 5.41) is 8.84. The molecule has 0 spiro atoms. The van der Waals surface area contributed by atoms with Crippen molar-refractivity contribution in [1.29, 1.82) is 5.26 Å². The quantitative estimate of drug-likeness (QED) is 0.805. The van der Waals surface area contributed by atoms with Crippen LogP contribution in [0.15, 0.2) is 18.2 Å². The predicted molar refractivity (Wildman–Crippen MR) is 66.4 cm³/mol. The van der Waals surface area contributed by atoms with Crippen molar-refractivity contribution in [2.24, 2.45) is 0 Å². The summed E-state index contributed by atoms with van der Waals surface area (Å²) >= 11 is 0. The van der Waals surface area contributed by atoms with E-state index in [2.05, 4.69) is 4.90 Å². The molecule has 96 valence electrons.